The highest BCUT2D eigenvalue weighted by atomic mass is 16.5. The maximum absolute atomic E-state index is 5.81. The lowest BCUT2D eigenvalue weighted by molar-refractivity contribution is 0.128. The van der Waals surface area contributed by atoms with E-state index in [-0.39, 0.29) is 0 Å². The molecule has 0 aliphatic rings. The first kappa shape index (κ1) is 13.3. The molecule has 0 bridgehead atoms. The van der Waals surface area contributed by atoms with E-state index in [1.807, 2.05) is 49.2 Å². The molecule has 19 heavy (non-hydrogen) atoms. The number of nitrogens with two attached hydrogens (primary N) is 1. The number of benzene rings is 1. The summed E-state index contributed by atoms with van der Waals surface area (Å²) in [5.41, 5.74) is 6.86. The lowest BCUT2D eigenvalue weighted by Gasteiger charge is -2.19. The maximum Gasteiger partial charge on any atom is 0.158 e. The van der Waals surface area contributed by atoms with Crippen LogP contribution in [0.2, 0.25) is 0 Å². The van der Waals surface area contributed by atoms with Gasteiger partial charge in [-0.3, -0.25) is 0 Å². The maximum atomic E-state index is 5.81. The van der Waals surface area contributed by atoms with Gasteiger partial charge < -0.3 is 15.4 Å². The van der Waals surface area contributed by atoms with Gasteiger partial charge in [-0.05, 0) is 19.1 Å². The zero-order valence-electron chi connectivity index (χ0n) is 11.2. The summed E-state index contributed by atoms with van der Waals surface area (Å²) in [6.45, 7) is 2.93. The van der Waals surface area contributed by atoms with Crippen molar-refractivity contribution in [2.75, 3.05) is 24.3 Å². The standard InChI is InChI=1S/C14H18N4O/c1-3-19-10-13-16-12(15)9-14(17-13)18(2)11-7-5-4-6-8-11/h4-9H,3,10H2,1-2H3,(H2,15,16,17). The van der Waals surface area contributed by atoms with Crippen molar-refractivity contribution < 1.29 is 4.74 Å². The molecule has 100 valence electrons. The van der Waals surface area contributed by atoms with Gasteiger partial charge in [0, 0.05) is 25.4 Å². The molecule has 2 rings (SSSR count). The first-order valence-electron chi connectivity index (χ1n) is 6.20. The number of aromatic nitrogens is 2. The van der Waals surface area contributed by atoms with Gasteiger partial charge in [-0.15, -0.1) is 0 Å². The topological polar surface area (TPSA) is 64.3 Å². The second-order valence-electron chi connectivity index (χ2n) is 4.10. The molecule has 0 saturated heterocycles. The van der Waals surface area contributed by atoms with E-state index in [0.29, 0.717) is 24.9 Å². The van der Waals surface area contributed by atoms with E-state index >= 15 is 0 Å². The highest BCUT2D eigenvalue weighted by Crippen LogP contribution is 2.22. The summed E-state index contributed by atoms with van der Waals surface area (Å²) in [5, 5.41) is 0. The molecule has 2 aromatic rings. The Balaban J connectivity index is 2.26. The molecule has 0 aliphatic carbocycles. The fourth-order valence-corrected chi connectivity index (χ4v) is 1.72. The highest BCUT2D eigenvalue weighted by molar-refractivity contribution is 5.60. The molecule has 1 aromatic heterocycles. The van der Waals surface area contributed by atoms with Gasteiger partial charge in [-0.2, -0.15) is 0 Å². The largest absolute Gasteiger partial charge is 0.384 e. The fourth-order valence-electron chi connectivity index (χ4n) is 1.72. The number of para-hydroxylation sites is 1. The molecule has 0 aliphatic heterocycles. The fraction of sp³-hybridized carbons (Fsp3) is 0.286. The molecule has 0 radical (unpaired) electrons. The van der Waals surface area contributed by atoms with Crippen molar-refractivity contribution in [1.82, 2.24) is 9.97 Å². The van der Waals surface area contributed by atoms with E-state index in [2.05, 4.69) is 9.97 Å². The predicted molar refractivity (Wildman–Crippen MR) is 76.3 cm³/mol. The normalized spacial score (nSPS) is 10.4. The Hall–Kier alpha value is -2.14. The third-order valence-electron chi connectivity index (χ3n) is 2.70. The molecular formula is C14H18N4O. The number of hydrogen-bond acceptors (Lipinski definition) is 5. The summed E-state index contributed by atoms with van der Waals surface area (Å²) in [6, 6.07) is 11.7. The van der Waals surface area contributed by atoms with Crippen molar-refractivity contribution in [3.63, 3.8) is 0 Å². The quantitative estimate of drug-likeness (QED) is 0.892. The number of anilines is 3. The smallest absolute Gasteiger partial charge is 0.158 e. The third-order valence-corrected chi connectivity index (χ3v) is 2.70. The van der Waals surface area contributed by atoms with Crippen LogP contribution in [0.5, 0.6) is 0 Å². The van der Waals surface area contributed by atoms with Crippen LogP contribution in [-0.2, 0) is 11.3 Å². The van der Waals surface area contributed by atoms with Gasteiger partial charge in [0.25, 0.3) is 0 Å². The van der Waals surface area contributed by atoms with Crippen LogP contribution in [0.4, 0.5) is 17.3 Å². The van der Waals surface area contributed by atoms with E-state index in [1.54, 1.807) is 6.07 Å². The molecule has 1 heterocycles. The van der Waals surface area contributed by atoms with Gasteiger partial charge in [0.15, 0.2) is 5.82 Å². The summed E-state index contributed by atoms with van der Waals surface area (Å²) in [5.74, 6) is 1.80. The molecular weight excluding hydrogens is 240 g/mol. The second-order valence-corrected chi connectivity index (χ2v) is 4.10. The Bertz CT molecular complexity index is 530. The van der Waals surface area contributed by atoms with Crippen molar-refractivity contribution in [3.8, 4) is 0 Å². The van der Waals surface area contributed by atoms with Crippen LogP contribution in [0.15, 0.2) is 36.4 Å². The summed E-state index contributed by atoms with van der Waals surface area (Å²) in [7, 11) is 1.95. The van der Waals surface area contributed by atoms with Gasteiger partial charge in [0.2, 0.25) is 0 Å². The SMILES string of the molecule is CCOCc1nc(N)cc(N(C)c2ccccc2)n1. The first-order valence-corrected chi connectivity index (χ1v) is 6.20. The lowest BCUT2D eigenvalue weighted by atomic mass is 10.3. The van der Waals surface area contributed by atoms with Crippen LogP contribution in [-0.4, -0.2) is 23.6 Å². The van der Waals surface area contributed by atoms with E-state index < -0.39 is 0 Å². The first-order chi connectivity index (χ1) is 9.20. The Morgan fingerprint density at radius 3 is 2.63 bits per heavy atom. The van der Waals surface area contributed by atoms with E-state index in [4.69, 9.17) is 10.5 Å². The van der Waals surface area contributed by atoms with E-state index in [1.165, 1.54) is 0 Å². The summed E-state index contributed by atoms with van der Waals surface area (Å²) >= 11 is 0. The summed E-state index contributed by atoms with van der Waals surface area (Å²) in [4.78, 5) is 10.6. The molecule has 5 nitrogen and oxygen atoms in total. The number of rotatable bonds is 5. The average Bonchev–Trinajstić information content (AvgIpc) is 2.44. The zero-order chi connectivity index (χ0) is 13.7. The molecule has 0 spiro atoms. The summed E-state index contributed by atoms with van der Waals surface area (Å²) < 4.78 is 5.32. The minimum atomic E-state index is 0.372. The molecule has 0 unspecified atom stereocenters. The lowest BCUT2D eigenvalue weighted by Crippen LogP contribution is -2.14. The van der Waals surface area contributed by atoms with Crippen molar-refractivity contribution in [1.29, 1.82) is 0 Å². The number of ether oxygens (including phenoxy) is 1. The van der Waals surface area contributed by atoms with Crippen LogP contribution in [0.1, 0.15) is 12.7 Å². The van der Waals surface area contributed by atoms with Gasteiger partial charge in [-0.1, -0.05) is 18.2 Å². The van der Waals surface area contributed by atoms with Gasteiger partial charge in [0.05, 0.1) is 0 Å². The number of hydrogen-bond donors (Lipinski definition) is 1. The van der Waals surface area contributed by atoms with Crippen molar-refractivity contribution in [3.05, 3.63) is 42.2 Å². The molecule has 0 amide bonds. The van der Waals surface area contributed by atoms with E-state index in [9.17, 15) is 0 Å². The highest BCUT2D eigenvalue weighted by Gasteiger charge is 2.08. The van der Waals surface area contributed by atoms with Crippen molar-refractivity contribution in [2.45, 2.75) is 13.5 Å². The summed E-state index contributed by atoms with van der Waals surface area (Å²) in [6.07, 6.45) is 0. The molecule has 2 N–H and O–H groups in total. The van der Waals surface area contributed by atoms with Crippen molar-refractivity contribution >= 4 is 17.3 Å². The Labute approximate surface area is 113 Å². The van der Waals surface area contributed by atoms with Gasteiger partial charge in [0.1, 0.15) is 18.2 Å². The zero-order valence-corrected chi connectivity index (χ0v) is 11.2. The number of nitrogen functional groups attached to an aromatic ring is 1. The second kappa shape index (κ2) is 6.15. The van der Waals surface area contributed by atoms with Crippen LogP contribution < -0.4 is 10.6 Å². The van der Waals surface area contributed by atoms with Crippen LogP contribution >= 0.6 is 0 Å². The molecule has 0 fully saturated rings. The minimum absolute atomic E-state index is 0.372. The van der Waals surface area contributed by atoms with Crippen molar-refractivity contribution in [2.24, 2.45) is 0 Å². The predicted octanol–water partition coefficient (Wildman–Crippen LogP) is 2.36. The van der Waals surface area contributed by atoms with Crippen LogP contribution in [0.3, 0.4) is 0 Å². The Kier molecular flexibility index (Phi) is 4.30. The van der Waals surface area contributed by atoms with Gasteiger partial charge in [-0.25, -0.2) is 9.97 Å². The average molecular weight is 258 g/mol. The number of nitrogens with zero attached hydrogens (tertiary/aromatic N) is 3. The molecule has 0 saturated carbocycles. The van der Waals surface area contributed by atoms with Crippen LogP contribution in [0, 0.1) is 0 Å². The molecule has 1 aromatic carbocycles. The van der Waals surface area contributed by atoms with Crippen LogP contribution in [0.25, 0.3) is 0 Å². The molecule has 5 heteroatoms. The molecule has 0 atom stereocenters. The Morgan fingerprint density at radius 1 is 1.21 bits per heavy atom. The Morgan fingerprint density at radius 2 is 1.95 bits per heavy atom. The van der Waals surface area contributed by atoms with Gasteiger partial charge >= 0.3 is 0 Å². The monoisotopic (exact) mass is 258 g/mol. The van der Waals surface area contributed by atoms with E-state index in [0.717, 1.165) is 11.5 Å². The third kappa shape index (κ3) is 3.42. The minimum Gasteiger partial charge on any atom is -0.384 e.